The van der Waals surface area contributed by atoms with Gasteiger partial charge in [0.1, 0.15) is 0 Å². The van der Waals surface area contributed by atoms with Crippen LogP contribution in [0.4, 0.5) is 0 Å². The summed E-state index contributed by atoms with van der Waals surface area (Å²) in [5.41, 5.74) is 0. The molecule has 0 aliphatic rings. The average molecular weight is 390 g/mol. The molecule has 0 aromatic carbocycles. The molecule has 0 aliphatic heterocycles. The largest absolute Gasteiger partial charge is 0.519 e. The first kappa shape index (κ1) is 24.8. The molecule has 6 heteroatoms. The lowest BCUT2D eigenvalue weighted by Crippen LogP contribution is -2.42. The van der Waals surface area contributed by atoms with Crippen LogP contribution < -0.4 is 0 Å². The van der Waals surface area contributed by atoms with Gasteiger partial charge in [-0.2, -0.15) is 0 Å². The van der Waals surface area contributed by atoms with Crippen molar-refractivity contribution in [3.63, 3.8) is 0 Å². The van der Waals surface area contributed by atoms with Gasteiger partial charge < -0.3 is 13.8 Å². The third-order valence-corrected chi connectivity index (χ3v) is 12.5. The van der Waals surface area contributed by atoms with Crippen LogP contribution in [0, 0.1) is 5.92 Å². The molecule has 0 bridgehead atoms. The van der Waals surface area contributed by atoms with E-state index in [1.807, 2.05) is 6.92 Å². The van der Waals surface area contributed by atoms with Gasteiger partial charge in [0.15, 0.2) is 8.32 Å². The molecule has 1 atom stereocenters. The zero-order chi connectivity index (χ0) is 19.5. The summed E-state index contributed by atoms with van der Waals surface area (Å²) in [5, 5.41) is 0. The SMILES string of the molecule is CCO[Si](C)(C)CCCN(CC)CC(C)C(=O)O[Si](CC)(CC)CC. The van der Waals surface area contributed by atoms with E-state index in [0.717, 1.165) is 50.8 Å². The number of hydrogen-bond acceptors (Lipinski definition) is 4. The Labute approximate surface area is 158 Å². The van der Waals surface area contributed by atoms with Gasteiger partial charge in [-0.05, 0) is 63.7 Å². The Morgan fingerprint density at radius 3 is 2.04 bits per heavy atom. The molecule has 0 fully saturated rings. The highest BCUT2D eigenvalue weighted by atomic mass is 28.4. The molecule has 0 N–H and O–H groups in total. The molecule has 0 radical (unpaired) electrons. The molecular weight excluding hydrogens is 346 g/mol. The van der Waals surface area contributed by atoms with Crippen molar-refractivity contribution in [2.45, 2.75) is 85.2 Å². The quantitative estimate of drug-likeness (QED) is 0.386. The van der Waals surface area contributed by atoms with Crippen LogP contribution in [-0.4, -0.2) is 53.7 Å². The molecule has 4 nitrogen and oxygen atoms in total. The molecule has 0 heterocycles. The van der Waals surface area contributed by atoms with Crippen molar-refractivity contribution in [2.24, 2.45) is 5.92 Å². The second-order valence-corrected chi connectivity index (χ2v) is 16.8. The van der Waals surface area contributed by atoms with Gasteiger partial charge in [0, 0.05) is 13.2 Å². The molecule has 150 valence electrons. The van der Waals surface area contributed by atoms with Crippen LogP contribution in [0.2, 0.25) is 37.3 Å². The van der Waals surface area contributed by atoms with Crippen LogP contribution in [0.5, 0.6) is 0 Å². The van der Waals surface area contributed by atoms with E-state index in [1.54, 1.807) is 0 Å². The third-order valence-electron chi connectivity index (χ3n) is 5.42. The van der Waals surface area contributed by atoms with E-state index in [1.165, 1.54) is 6.04 Å². The molecule has 0 amide bonds. The number of carbonyl (C=O) groups excluding carboxylic acids is 1. The van der Waals surface area contributed by atoms with E-state index < -0.39 is 16.6 Å². The predicted molar refractivity (Wildman–Crippen MR) is 113 cm³/mol. The van der Waals surface area contributed by atoms with Crippen LogP contribution in [-0.2, 0) is 13.6 Å². The first-order valence-corrected chi connectivity index (χ1v) is 15.9. The van der Waals surface area contributed by atoms with Gasteiger partial charge in [0.05, 0.1) is 5.92 Å². The summed E-state index contributed by atoms with van der Waals surface area (Å²) in [7, 11) is -3.35. The van der Waals surface area contributed by atoms with Crippen molar-refractivity contribution >= 4 is 22.6 Å². The zero-order valence-corrected chi connectivity index (χ0v) is 20.1. The molecule has 0 saturated heterocycles. The first-order valence-electron chi connectivity index (χ1n) is 10.3. The van der Waals surface area contributed by atoms with Crippen LogP contribution in [0.15, 0.2) is 0 Å². The minimum Gasteiger partial charge on any atom is -0.519 e. The number of hydrogen-bond donors (Lipinski definition) is 0. The summed E-state index contributed by atoms with van der Waals surface area (Å²) in [6, 6.07) is 4.24. The minimum absolute atomic E-state index is 0.0136. The fourth-order valence-electron chi connectivity index (χ4n) is 3.31. The molecule has 25 heavy (non-hydrogen) atoms. The summed E-state index contributed by atoms with van der Waals surface area (Å²) in [5.74, 6) is -0.0340. The first-order chi connectivity index (χ1) is 11.7. The van der Waals surface area contributed by atoms with E-state index in [4.69, 9.17) is 8.85 Å². The molecule has 0 aromatic rings. The van der Waals surface area contributed by atoms with Gasteiger partial charge in [-0.3, -0.25) is 4.79 Å². The van der Waals surface area contributed by atoms with Gasteiger partial charge in [-0.15, -0.1) is 0 Å². The number of rotatable bonds is 14. The van der Waals surface area contributed by atoms with Crippen molar-refractivity contribution in [1.29, 1.82) is 0 Å². The van der Waals surface area contributed by atoms with Gasteiger partial charge in [-0.1, -0.05) is 34.6 Å². The fraction of sp³-hybridized carbons (Fsp3) is 0.947. The van der Waals surface area contributed by atoms with E-state index in [0.29, 0.717) is 0 Å². The maximum atomic E-state index is 12.6. The van der Waals surface area contributed by atoms with E-state index in [-0.39, 0.29) is 11.9 Å². The van der Waals surface area contributed by atoms with Crippen LogP contribution in [0.25, 0.3) is 0 Å². The number of carbonyl (C=O) groups is 1. The second kappa shape index (κ2) is 12.3. The molecule has 0 aromatic heterocycles. The normalized spacial score (nSPS) is 14.0. The van der Waals surface area contributed by atoms with Gasteiger partial charge in [-0.25, -0.2) is 0 Å². The zero-order valence-electron chi connectivity index (χ0n) is 18.1. The summed E-state index contributed by atoms with van der Waals surface area (Å²) in [6.07, 6.45) is 1.15. The van der Waals surface area contributed by atoms with Crippen molar-refractivity contribution in [3.05, 3.63) is 0 Å². The van der Waals surface area contributed by atoms with E-state index in [2.05, 4.69) is 52.6 Å². The highest BCUT2D eigenvalue weighted by Crippen LogP contribution is 2.23. The number of nitrogens with zero attached hydrogens (tertiary/aromatic N) is 1. The summed E-state index contributed by atoms with van der Waals surface area (Å²) in [4.78, 5) is 15.0. The summed E-state index contributed by atoms with van der Waals surface area (Å²) < 4.78 is 12.0. The highest BCUT2D eigenvalue weighted by molar-refractivity contribution is 6.75. The van der Waals surface area contributed by atoms with Crippen molar-refractivity contribution in [1.82, 2.24) is 4.90 Å². The lowest BCUT2D eigenvalue weighted by molar-refractivity contribution is -0.140. The van der Waals surface area contributed by atoms with Crippen molar-refractivity contribution in [3.8, 4) is 0 Å². The Kier molecular flexibility index (Phi) is 12.2. The van der Waals surface area contributed by atoms with Gasteiger partial charge in [0.25, 0.3) is 14.3 Å². The van der Waals surface area contributed by atoms with Crippen LogP contribution in [0.1, 0.15) is 48.0 Å². The Balaban J connectivity index is 4.48. The minimum atomic E-state index is -1.84. The smallest absolute Gasteiger partial charge is 0.296 e. The van der Waals surface area contributed by atoms with Crippen molar-refractivity contribution in [2.75, 3.05) is 26.2 Å². The monoisotopic (exact) mass is 389 g/mol. The lowest BCUT2D eigenvalue weighted by Gasteiger charge is -2.31. The molecule has 0 saturated carbocycles. The Hall–Kier alpha value is -0.176. The molecule has 1 unspecified atom stereocenters. The van der Waals surface area contributed by atoms with E-state index in [9.17, 15) is 4.79 Å². The topological polar surface area (TPSA) is 38.8 Å². The molecular formula is C19H43NO3Si2. The second-order valence-electron chi connectivity index (χ2n) is 7.76. The van der Waals surface area contributed by atoms with Gasteiger partial charge in [0.2, 0.25) is 0 Å². The fourth-order valence-corrected chi connectivity index (χ4v) is 7.81. The maximum absolute atomic E-state index is 12.6. The summed E-state index contributed by atoms with van der Waals surface area (Å²) >= 11 is 0. The predicted octanol–water partition coefficient (Wildman–Crippen LogP) is 5.12. The highest BCUT2D eigenvalue weighted by Gasteiger charge is 2.34. The Morgan fingerprint density at radius 2 is 1.60 bits per heavy atom. The molecule has 0 rings (SSSR count). The average Bonchev–Trinajstić information content (AvgIpc) is 2.58. The van der Waals surface area contributed by atoms with E-state index >= 15 is 0 Å². The van der Waals surface area contributed by atoms with Crippen LogP contribution >= 0.6 is 0 Å². The lowest BCUT2D eigenvalue weighted by atomic mass is 10.1. The third kappa shape index (κ3) is 9.36. The Bertz CT molecular complexity index is 365. The summed E-state index contributed by atoms with van der Waals surface area (Å²) in [6.45, 7) is 21.0. The van der Waals surface area contributed by atoms with Crippen LogP contribution in [0.3, 0.4) is 0 Å². The Morgan fingerprint density at radius 1 is 1.04 bits per heavy atom. The van der Waals surface area contributed by atoms with Gasteiger partial charge >= 0.3 is 0 Å². The maximum Gasteiger partial charge on any atom is 0.296 e. The standard InChI is InChI=1S/C19H43NO3Si2/c1-9-20(15-14-16-24(7,8)22-10-2)17-18(6)19(21)23-25(11-3,12-4)13-5/h18H,9-17H2,1-8H3. The molecule has 0 aliphatic carbocycles. The molecule has 0 spiro atoms. The van der Waals surface area contributed by atoms with Crippen molar-refractivity contribution < 1.29 is 13.6 Å².